The Hall–Kier alpha value is -3.84. The van der Waals surface area contributed by atoms with Gasteiger partial charge in [-0.3, -0.25) is 9.59 Å². The van der Waals surface area contributed by atoms with Crippen LogP contribution >= 0.6 is 0 Å². The number of nitrogens with one attached hydrogen (secondary N) is 3. The molecule has 0 aliphatic heterocycles. The van der Waals surface area contributed by atoms with Gasteiger partial charge in [0.1, 0.15) is 5.75 Å². The molecule has 0 spiro atoms. The van der Waals surface area contributed by atoms with Gasteiger partial charge in [-0.2, -0.15) is 0 Å². The van der Waals surface area contributed by atoms with E-state index >= 15 is 0 Å². The average Bonchev–Trinajstić information content (AvgIpc) is 2.87. The molecule has 0 heterocycles. The third kappa shape index (κ3) is 8.26. The fourth-order valence-electron chi connectivity index (χ4n) is 3.28. The fourth-order valence-corrected chi connectivity index (χ4v) is 3.28. The largest absolute Gasteiger partial charge is 0.491 e. The molecule has 0 radical (unpaired) electrons. The highest BCUT2D eigenvalue weighted by Gasteiger charge is 2.09. The highest BCUT2D eigenvalue weighted by atomic mass is 16.5. The average molecular weight is 462 g/mol. The molecule has 7 nitrogen and oxygen atoms in total. The number of hydrogen-bond acceptors (Lipinski definition) is 5. The van der Waals surface area contributed by atoms with E-state index in [1.165, 1.54) is 5.56 Å². The summed E-state index contributed by atoms with van der Waals surface area (Å²) in [6.45, 7) is 1.56. The summed E-state index contributed by atoms with van der Waals surface area (Å²) in [7, 11) is 1.58. The molecule has 178 valence electrons. The number of ether oxygens (including phenoxy) is 2. The Morgan fingerprint density at radius 3 is 2.35 bits per heavy atom. The summed E-state index contributed by atoms with van der Waals surface area (Å²) in [6, 6.07) is 24.6. The summed E-state index contributed by atoms with van der Waals surface area (Å²) in [4.78, 5) is 24.5. The lowest BCUT2D eigenvalue weighted by Gasteiger charge is -2.13. The molecule has 0 aliphatic rings. The van der Waals surface area contributed by atoms with Gasteiger partial charge < -0.3 is 25.4 Å². The standard InChI is InChI=1S/C27H31N3O4/c1-33-19-17-28-27(32)22-13-15-23(16-14-22)29-20-26(31)30-24-11-5-6-12-25(24)34-18-7-10-21-8-3-2-4-9-21/h2-6,8-9,11-16,29H,7,10,17-20H2,1H3,(H,28,32)(H,30,31). The van der Waals surface area contributed by atoms with Crippen molar-refractivity contribution in [2.75, 3.05) is 44.0 Å². The minimum absolute atomic E-state index is 0.0850. The summed E-state index contributed by atoms with van der Waals surface area (Å²) >= 11 is 0. The van der Waals surface area contributed by atoms with E-state index in [0.717, 1.165) is 18.5 Å². The first-order valence-corrected chi connectivity index (χ1v) is 11.3. The van der Waals surface area contributed by atoms with Crippen molar-refractivity contribution in [1.82, 2.24) is 5.32 Å². The second-order valence-electron chi connectivity index (χ2n) is 7.66. The lowest BCUT2D eigenvalue weighted by molar-refractivity contribution is -0.114. The molecule has 0 atom stereocenters. The molecule has 0 saturated heterocycles. The SMILES string of the molecule is COCCNC(=O)c1ccc(NCC(=O)Nc2ccccc2OCCCc2ccccc2)cc1. The number of rotatable bonds is 13. The maximum absolute atomic E-state index is 12.5. The van der Waals surface area contributed by atoms with Crippen LogP contribution in [-0.4, -0.2) is 45.2 Å². The molecule has 0 unspecified atom stereocenters. The molecular formula is C27H31N3O4. The molecule has 0 aliphatic carbocycles. The van der Waals surface area contributed by atoms with Gasteiger partial charge in [0, 0.05) is 24.9 Å². The van der Waals surface area contributed by atoms with Crippen LogP contribution in [0.2, 0.25) is 0 Å². The van der Waals surface area contributed by atoms with E-state index in [4.69, 9.17) is 9.47 Å². The monoisotopic (exact) mass is 461 g/mol. The molecule has 0 bridgehead atoms. The van der Waals surface area contributed by atoms with Crippen LogP contribution in [0.4, 0.5) is 11.4 Å². The zero-order chi connectivity index (χ0) is 24.0. The third-order valence-electron chi connectivity index (χ3n) is 5.06. The molecule has 7 heteroatoms. The highest BCUT2D eigenvalue weighted by molar-refractivity contribution is 5.96. The number of aryl methyl sites for hydroxylation is 1. The Kier molecular flexibility index (Phi) is 9.95. The quantitative estimate of drug-likeness (QED) is 0.333. The highest BCUT2D eigenvalue weighted by Crippen LogP contribution is 2.24. The number of carbonyl (C=O) groups is 2. The van der Waals surface area contributed by atoms with Gasteiger partial charge in [-0.25, -0.2) is 0 Å². The van der Waals surface area contributed by atoms with Crippen molar-refractivity contribution in [3.05, 3.63) is 90.0 Å². The van der Waals surface area contributed by atoms with Gasteiger partial charge in [0.25, 0.3) is 5.91 Å². The van der Waals surface area contributed by atoms with Crippen LogP contribution in [0.25, 0.3) is 0 Å². The van der Waals surface area contributed by atoms with Crippen LogP contribution in [0.3, 0.4) is 0 Å². The molecule has 2 amide bonds. The van der Waals surface area contributed by atoms with Gasteiger partial charge in [-0.15, -0.1) is 0 Å². The molecule has 3 rings (SSSR count). The van der Waals surface area contributed by atoms with E-state index in [9.17, 15) is 9.59 Å². The number of amides is 2. The van der Waals surface area contributed by atoms with Crippen LogP contribution in [-0.2, 0) is 16.0 Å². The van der Waals surface area contributed by atoms with E-state index < -0.39 is 0 Å². The zero-order valence-electron chi connectivity index (χ0n) is 19.4. The molecular weight excluding hydrogens is 430 g/mol. The maximum atomic E-state index is 12.5. The van der Waals surface area contributed by atoms with Crippen molar-refractivity contribution in [1.29, 1.82) is 0 Å². The van der Waals surface area contributed by atoms with Crippen LogP contribution in [0.5, 0.6) is 5.75 Å². The van der Waals surface area contributed by atoms with Crippen molar-refractivity contribution < 1.29 is 19.1 Å². The molecule has 0 fully saturated rings. The topological polar surface area (TPSA) is 88.7 Å². The van der Waals surface area contributed by atoms with E-state index in [0.29, 0.717) is 36.8 Å². The van der Waals surface area contributed by atoms with Crippen molar-refractivity contribution in [3.8, 4) is 5.75 Å². The first-order valence-electron chi connectivity index (χ1n) is 11.3. The molecule has 0 saturated carbocycles. The minimum atomic E-state index is -0.193. The van der Waals surface area contributed by atoms with Crippen molar-refractivity contribution in [3.63, 3.8) is 0 Å². The van der Waals surface area contributed by atoms with Gasteiger partial charge >= 0.3 is 0 Å². The first-order chi connectivity index (χ1) is 16.7. The van der Waals surface area contributed by atoms with Gasteiger partial charge in [0.15, 0.2) is 0 Å². The second-order valence-corrected chi connectivity index (χ2v) is 7.66. The zero-order valence-corrected chi connectivity index (χ0v) is 19.4. The first kappa shape index (κ1) is 24.8. The molecule has 0 aromatic heterocycles. The normalized spacial score (nSPS) is 10.4. The van der Waals surface area contributed by atoms with E-state index in [2.05, 4.69) is 28.1 Å². The van der Waals surface area contributed by atoms with Gasteiger partial charge in [-0.1, -0.05) is 42.5 Å². The number of benzene rings is 3. The molecule has 3 aromatic rings. The lowest BCUT2D eigenvalue weighted by Crippen LogP contribution is -2.26. The van der Waals surface area contributed by atoms with Crippen molar-refractivity contribution in [2.24, 2.45) is 0 Å². The molecule has 3 aromatic carbocycles. The van der Waals surface area contributed by atoms with Crippen molar-refractivity contribution in [2.45, 2.75) is 12.8 Å². The minimum Gasteiger partial charge on any atom is -0.491 e. The summed E-state index contributed by atoms with van der Waals surface area (Å²) in [5.41, 5.74) is 3.20. The number of carbonyl (C=O) groups excluding carboxylic acids is 2. The second kappa shape index (κ2) is 13.6. The number of para-hydroxylation sites is 2. The Bertz CT molecular complexity index is 1040. The lowest BCUT2D eigenvalue weighted by atomic mass is 10.1. The van der Waals surface area contributed by atoms with E-state index in [-0.39, 0.29) is 18.4 Å². The Morgan fingerprint density at radius 2 is 1.59 bits per heavy atom. The van der Waals surface area contributed by atoms with Gasteiger partial charge in [0.05, 0.1) is 25.4 Å². The van der Waals surface area contributed by atoms with Gasteiger partial charge in [0.2, 0.25) is 5.91 Å². The fraction of sp³-hybridized carbons (Fsp3) is 0.259. The van der Waals surface area contributed by atoms with E-state index in [1.807, 2.05) is 42.5 Å². The van der Waals surface area contributed by atoms with Gasteiger partial charge in [-0.05, 0) is 54.8 Å². The van der Waals surface area contributed by atoms with Crippen molar-refractivity contribution >= 4 is 23.2 Å². The number of methoxy groups -OCH3 is 1. The predicted molar refractivity (Wildman–Crippen MR) is 134 cm³/mol. The third-order valence-corrected chi connectivity index (χ3v) is 5.06. The molecule has 34 heavy (non-hydrogen) atoms. The number of hydrogen-bond donors (Lipinski definition) is 3. The predicted octanol–water partition coefficient (Wildman–Crippen LogP) is 4.13. The van der Waals surface area contributed by atoms with Crippen LogP contribution < -0.4 is 20.7 Å². The summed E-state index contributed by atoms with van der Waals surface area (Å²) in [5.74, 6) is 0.288. The Labute approximate surface area is 200 Å². The number of anilines is 2. The van der Waals surface area contributed by atoms with Crippen LogP contribution in [0.1, 0.15) is 22.3 Å². The Morgan fingerprint density at radius 1 is 0.853 bits per heavy atom. The Balaban J connectivity index is 1.43. The smallest absolute Gasteiger partial charge is 0.251 e. The maximum Gasteiger partial charge on any atom is 0.251 e. The van der Waals surface area contributed by atoms with E-state index in [1.54, 1.807) is 31.4 Å². The van der Waals surface area contributed by atoms with Crippen LogP contribution in [0.15, 0.2) is 78.9 Å². The summed E-state index contributed by atoms with van der Waals surface area (Å²) in [5, 5.41) is 8.73. The van der Waals surface area contributed by atoms with Crippen LogP contribution in [0, 0.1) is 0 Å². The summed E-state index contributed by atoms with van der Waals surface area (Å²) < 4.78 is 10.8. The molecule has 3 N–H and O–H groups in total. The summed E-state index contributed by atoms with van der Waals surface area (Å²) in [6.07, 6.45) is 1.82.